The number of alkyl halides is 2. The molecule has 3 rings (SSSR count). The summed E-state index contributed by atoms with van der Waals surface area (Å²) < 4.78 is 59.8. The van der Waals surface area contributed by atoms with Gasteiger partial charge in [0.2, 0.25) is 0 Å². The van der Waals surface area contributed by atoms with Gasteiger partial charge in [-0.1, -0.05) is 6.07 Å². The Labute approximate surface area is 195 Å². The average molecular weight is 479 g/mol. The monoisotopic (exact) mass is 479 g/mol. The maximum atomic E-state index is 14.6. The number of halogens is 3. The van der Waals surface area contributed by atoms with Crippen molar-refractivity contribution in [1.82, 2.24) is 9.97 Å². The second-order valence-electron chi connectivity index (χ2n) is 8.27. The van der Waals surface area contributed by atoms with E-state index in [1.807, 2.05) is 0 Å². The van der Waals surface area contributed by atoms with Gasteiger partial charge in [-0.15, -0.1) is 0 Å². The van der Waals surface area contributed by atoms with E-state index in [0.717, 1.165) is 32.0 Å². The highest BCUT2D eigenvalue weighted by Crippen LogP contribution is 2.39. The summed E-state index contributed by atoms with van der Waals surface area (Å²) in [5.74, 6) is -2.49. The largest absolute Gasteiger partial charge is 0.493 e. The van der Waals surface area contributed by atoms with E-state index < -0.39 is 22.9 Å². The van der Waals surface area contributed by atoms with Gasteiger partial charge in [0, 0.05) is 36.2 Å². The van der Waals surface area contributed by atoms with Crippen LogP contribution in [0.5, 0.6) is 11.5 Å². The smallest absolute Gasteiger partial charge is 0.300 e. The molecule has 3 aromatic rings. The molecule has 0 aliphatic heterocycles. The highest BCUT2D eigenvalue weighted by molar-refractivity contribution is 5.91. The molecule has 0 spiro atoms. The third-order valence-electron chi connectivity index (χ3n) is 5.26. The summed E-state index contributed by atoms with van der Waals surface area (Å²) in [6, 6.07) is 6.36. The van der Waals surface area contributed by atoms with Gasteiger partial charge in [0.25, 0.3) is 0 Å². The van der Waals surface area contributed by atoms with Crippen LogP contribution in [0.4, 0.5) is 19.0 Å². The van der Waals surface area contributed by atoms with Crippen molar-refractivity contribution in [2.75, 3.05) is 32.8 Å². The van der Waals surface area contributed by atoms with Crippen molar-refractivity contribution in [3.63, 3.8) is 0 Å². The fourth-order valence-electron chi connectivity index (χ4n) is 3.33. The summed E-state index contributed by atoms with van der Waals surface area (Å²) in [6.45, 7) is 4.25. The van der Waals surface area contributed by atoms with Crippen LogP contribution in [-0.4, -0.2) is 48.1 Å². The van der Waals surface area contributed by atoms with Gasteiger partial charge in [-0.25, -0.2) is 14.4 Å². The molecule has 0 aliphatic rings. The normalized spacial score (nSPS) is 12.1. The highest BCUT2D eigenvalue weighted by Gasteiger charge is 2.47. The first-order valence-electron chi connectivity index (χ1n) is 10.6. The first kappa shape index (κ1) is 25.5. The number of benzene rings is 2. The summed E-state index contributed by atoms with van der Waals surface area (Å²) in [6.07, 6.45) is 0. The van der Waals surface area contributed by atoms with Crippen LogP contribution in [-0.2, 0) is 17.2 Å². The molecule has 0 atom stereocenters. The van der Waals surface area contributed by atoms with Crippen LogP contribution in [0.1, 0.15) is 30.8 Å². The molecule has 2 N–H and O–H groups in total. The third-order valence-corrected chi connectivity index (χ3v) is 5.26. The molecule has 0 saturated carbocycles. The molecule has 10 heteroatoms. The molecule has 1 aromatic heterocycles. The number of rotatable bonds is 10. The fraction of sp³-hybridized carbons (Fsp3) is 0.417. The summed E-state index contributed by atoms with van der Waals surface area (Å²) in [5.41, 5.74) is -2.24. The number of methoxy groups -OCH3 is 2. The molecule has 1 heterocycles. The number of nitrogens with zero attached hydrogens (tertiary/aromatic N) is 2. The van der Waals surface area contributed by atoms with Crippen LogP contribution >= 0.6 is 0 Å². The number of ether oxygens (including phenoxy) is 3. The van der Waals surface area contributed by atoms with Crippen molar-refractivity contribution < 1.29 is 32.5 Å². The van der Waals surface area contributed by atoms with Gasteiger partial charge in [-0.3, -0.25) is 0 Å². The van der Waals surface area contributed by atoms with Crippen molar-refractivity contribution in [3.05, 3.63) is 53.1 Å². The lowest BCUT2D eigenvalue weighted by molar-refractivity contribution is -0.168. The molecule has 0 bridgehead atoms. The quantitative estimate of drug-likeness (QED) is 0.412. The molecular formula is C24H28F3N3O4. The number of anilines is 1. The Morgan fingerprint density at radius 1 is 1.03 bits per heavy atom. The van der Waals surface area contributed by atoms with Gasteiger partial charge in [-0.05, 0) is 39.0 Å². The zero-order chi connectivity index (χ0) is 25.1. The van der Waals surface area contributed by atoms with Crippen LogP contribution in [0.2, 0.25) is 0 Å². The number of nitrogens with one attached hydrogen (secondary N) is 1. The van der Waals surface area contributed by atoms with E-state index in [0.29, 0.717) is 47.3 Å². The maximum Gasteiger partial charge on any atom is 0.300 e. The number of hydrogen-bond donors (Lipinski definition) is 2. The van der Waals surface area contributed by atoms with Crippen molar-refractivity contribution >= 4 is 16.7 Å². The van der Waals surface area contributed by atoms with E-state index in [9.17, 15) is 18.3 Å². The number of aryl methyl sites for hydroxylation is 1. The second-order valence-corrected chi connectivity index (χ2v) is 8.27. The van der Waals surface area contributed by atoms with Gasteiger partial charge >= 0.3 is 5.92 Å². The van der Waals surface area contributed by atoms with Gasteiger partial charge in [0.05, 0.1) is 19.2 Å². The zero-order valence-electron chi connectivity index (χ0n) is 19.7. The van der Waals surface area contributed by atoms with Crippen LogP contribution < -0.4 is 14.8 Å². The van der Waals surface area contributed by atoms with Crippen LogP contribution in [0.15, 0.2) is 30.3 Å². The first-order chi connectivity index (χ1) is 16.0. The fourth-order valence-corrected chi connectivity index (χ4v) is 3.33. The predicted octanol–water partition coefficient (Wildman–Crippen LogP) is 4.59. The van der Waals surface area contributed by atoms with E-state index in [1.54, 1.807) is 26.2 Å². The molecule has 0 saturated heterocycles. The molecule has 0 aliphatic carbocycles. The number of aliphatic hydroxyl groups is 1. The minimum absolute atomic E-state index is 0.00378. The van der Waals surface area contributed by atoms with E-state index in [4.69, 9.17) is 14.2 Å². The summed E-state index contributed by atoms with van der Waals surface area (Å²) in [4.78, 5) is 8.81. The van der Waals surface area contributed by atoms with Gasteiger partial charge in [-0.2, -0.15) is 8.78 Å². The topological polar surface area (TPSA) is 85.7 Å². The van der Waals surface area contributed by atoms with E-state index in [-0.39, 0.29) is 12.1 Å². The van der Waals surface area contributed by atoms with E-state index >= 15 is 0 Å². The molecule has 0 fully saturated rings. The average Bonchev–Trinajstić information content (AvgIpc) is 2.77. The lowest BCUT2D eigenvalue weighted by Gasteiger charge is -2.29. The zero-order valence-corrected chi connectivity index (χ0v) is 19.7. The Morgan fingerprint density at radius 3 is 2.41 bits per heavy atom. The van der Waals surface area contributed by atoms with Crippen LogP contribution in [0.25, 0.3) is 10.9 Å². The summed E-state index contributed by atoms with van der Waals surface area (Å²) in [7, 11) is 3.07. The molecule has 2 aromatic carbocycles. The van der Waals surface area contributed by atoms with E-state index in [1.165, 1.54) is 7.11 Å². The highest BCUT2D eigenvalue weighted by atomic mass is 19.3. The number of hydrogen-bond acceptors (Lipinski definition) is 7. The number of fused-ring (bicyclic) bond motifs is 1. The minimum atomic E-state index is -3.57. The third kappa shape index (κ3) is 5.34. The van der Waals surface area contributed by atoms with Gasteiger partial charge in [0.15, 0.2) is 11.5 Å². The molecule has 0 amide bonds. The first-order valence-corrected chi connectivity index (χ1v) is 10.6. The van der Waals surface area contributed by atoms with Crippen LogP contribution in [0.3, 0.4) is 0 Å². The van der Waals surface area contributed by atoms with Gasteiger partial charge in [0.1, 0.15) is 29.7 Å². The molecule has 184 valence electrons. The molecule has 0 unspecified atom stereocenters. The SMILES string of the molecule is COCCOc1cc2c(NCc3cc(C(F)(F)C(C)(C)O)ccc3F)nc(C)nc2cc1OC. The second kappa shape index (κ2) is 10.0. The molecule has 34 heavy (non-hydrogen) atoms. The molecule has 7 nitrogen and oxygen atoms in total. The lowest BCUT2D eigenvalue weighted by Crippen LogP contribution is -2.40. The van der Waals surface area contributed by atoms with Gasteiger partial charge < -0.3 is 24.6 Å². The Kier molecular flexibility index (Phi) is 7.52. The number of aromatic nitrogens is 2. The summed E-state index contributed by atoms with van der Waals surface area (Å²) >= 11 is 0. The lowest BCUT2D eigenvalue weighted by atomic mass is 9.92. The van der Waals surface area contributed by atoms with Crippen molar-refractivity contribution in [3.8, 4) is 11.5 Å². The van der Waals surface area contributed by atoms with E-state index in [2.05, 4.69) is 15.3 Å². The van der Waals surface area contributed by atoms with Crippen molar-refractivity contribution in [2.24, 2.45) is 0 Å². The Bertz CT molecular complexity index is 1170. The van der Waals surface area contributed by atoms with Crippen LogP contribution in [0, 0.1) is 12.7 Å². The Hall–Kier alpha value is -3.11. The summed E-state index contributed by atoms with van der Waals surface area (Å²) in [5, 5.41) is 13.5. The standard InChI is InChI=1S/C24H28F3N3O4/c1-14-29-19-12-20(33-5)21(34-9-8-32-4)11-17(19)22(30-14)28-13-15-10-16(6-7-18(15)25)24(26,27)23(2,3)31/h6-7,10-12,31H,8-9,13H2,1-5H3,(H,28,29,30). The van der Waals surface area contributed by atoms with Crippen molar-refractivity contribution in [2.45, 2.75) is 38.8 Å². The Morgan fingerprint density at radius 2 is 1.76 bits per heavy atom. The maximum absolute atomic E-state index is 14.6. The molecule has 0 radical (unpaired) electrons. The van der Waals surface area contributed by atoms with Crippen molar-refractivity contribution in [1.29, 1.82) is 0 Å². The Balaban J connectivity index is 1.96. The minimum Gasteiger partial charge on any atom is -0.493 e. The molecular weight excluding hydrogens is 451 g/mol. The predicted molar refractivity (Wildman–Crippen MR) is 122 cm³/mol.